The second-order valence-electron chi connectivity index (χ2n) is 3.48. The Hall–Kier alpha value is -2.14. The predicted octanol–water partition coefficient (Wildman–Crippen LogP) is 3.07. The third-order valence-electron chi connectivity index (χ3n) is 2.28. The molecule has 3 aromatic rings. The van der Waals surface area contributed by atoms with Gasteiger partial charge < -0.3 is 4.98 Å². The Kier molecular flexibility index (Phi) is 2.59. The normalized spacial score (nSPS) is 11.3. The molecule has 0 unspecified atom stereocenters. The Bertz CT molecular complexity index is 606. The zero-order chi connectivity index (χ0) is 11.5. The molecule has 1 aromatic carbocycles. The van der Waals surface area contributed by atoms with Crippen molar-refractivity contribution in [1.82, 2.24) is 9.97 Å². The zero-order valence-corrected chi connectivity index (χ0v) is 9.74. The van der Waals surface area contributed by atoms with E-state index in [1.165, 1.54) is 0 Å². The van der Waals surface area contributed by atoms with Gasteiger partial charge in [0.15, 0.2) is 0 Å². The molecule has 17 heavy (non-hydrogen) atoms. The highest BCUT2D eigenvalue weighted by Gasteiger charge is 2.00. The van der Waals surface area contributed by atoms with Crippen LogP contribution < -0.4 is 5.43 Å². The maximum atomic E-state index is 4.42. The molecule has 4 nitrogen and oxygen atoms in total. The second-order valence-corrected chi connectivity index (χ2v) is 4.51. The number of hydrogen-bond donors (Lipinski definition) is 2. The van der Waals surface area contributed by atoms with E-state index in [1.807, 2.05) is 42.6 Å². The minimum atomic E-state index is 0.800. The monoisotopic (exact) mass is 242 g/mol. The summed E-state index contributed by atoms with van der Waals surface area (Å²) in [6.07, 6.45) is 3.59. The largest absolute Gasteiger partial charge is 0.360 e. The molecule has 0 radical (unpaired) electrons. The topological polar surface area (TPSA) is 53.1 Å². The average molecular weight is 242 g/mol. The summed E-state index contributed by atoms with van der Waals surface area (Å²) >= 11 is 1.59. The summed E-state index contributed by atoms with van der Waals surface area (Å²) in [4.78, 5) is 7.46. The molecule has 0 aliphatic carbocycles. The van der Waals surface area contributed by atoms with E-state index in [2.05, 4.69) is 20.5 Å². The fourth-order valence-electron chi connectivity index (χ4n) is 1.50. The van der Waals surface area contributed by atoms with E-state index in [1.54, 1.807) is 17.6 Å². The lowest BCUT2D eigenvalue weighted by Gasteiger charge is -1.90. The van der Waals surface area contributed by atoms with E-state index >= 15 is 0 Å². The Morgan fingerprint density at radius 1 is 1.24 bits per heavy atom. The summed E-state index contributed by atoms with van der Waals surface area (Å²) in [7, 11) is 0. The van der Waals surface area contributed by atoms with Crippen LogP contribution in [0.2, 0.25) is 0 Å². The lowest BCUT2D eigenvalue weighted by molar-refractivity contribution is 1.30. The van der Waals surface area contributed by atoms with Crippen molar-refractivity contribution in [3.05, 3.63) is 48.3 Å². The Labute approximate surface area is 102 Å². The molecule has 0 saturated heterocycles. The first kappa shape index (κ1) is 10.0. The van der Waals surface area contributed by atoms with Crippen LogP contribution >= 0.6 is 11.3 Å². The molecule has 0 atom stereocenters. The van der Waals surface area contributed by atoms with E-state index in [0.717, 1.165) is 21.0 Å². The molecule has 0 saturated carbocycles. The number of hydrazone groups is 1. The smallest absolute Gasteiger partial charge is 0.204 e. The van der Waals surface area contributed by atoms with Crippen molar-refractivity contribution in [2.24, 2.45) is 5.10 Å². The first-order chi connectivity index (χ1) is 8.42. The number of aromatic nitrogens is 2. The summed E-state index contributed by atoms with van der Waals surface area (Å²) in [5.41, 5.74) is 4.88. The second kappa shape index (κ2) is 4.39. The number of hydrogen-bond acceptors (Lipinski definition) is 4. The first-order valence-corrected chi connectivity index (χ1v) is 6.01. The SMILES string of the molecule is C(=NNc1nc2ccccc2s1)c1ccc[nH]1. The maximum absolute atomic E-state index is 4.42. The van der Waals surface area contributed by atoms with Crippen molar-refractivity contribution in [3.8, 4) is 0 Å². The van der Waals surface area contributed by atoms with Crippen molar-refractivity contribution < 1.29 is 0 Å². The fraction of sp³-hybridized carbons (Fsp3) is 0. The van der Waals surface area contributed by atoms with Gasteiger partial charge in [-0.3, -0.25) is 5.43 Å². The van der Waals surface area contributed by atoms with Crippen molar-refractivity contribution >= 4 is 32.9 Å². The minimum absolute atomic E-state index is 0.800. The number of nitrogens with one attached hydrogen (secondary N) is 2. The summed E-state index contributed by atoms with van der Waals surface area (Å²) < 4.78 is 1.16. The van der Waals surface area contributed by atoms with Gasteiger partial charge in [0.25, 0.3) is 0 Å². The van der Waals surface area contributed by atoms with Gasteiger partial charge in [0.1, 0.15) is 0 Å². The molecular weight excluding hydrogens is 232 g/mol. The van der Waals surface area contributed by atoms with Crippen molar-refractivity contribution in [1.29, 1.82) is 0 Å². The van der Waals surface area contributed by atoms with Crippen molar-refractivity contribution in [3.63, 3.8) is 0 Å². The molecule has 0 bridgehead atoms. The van der Waals surface area contributed by atoms with Crippen LogP contribution in [0.15, 0.2) is 47.7 Å². The van der Waals surface area contributed by atoms with E-state index in [4.69, 9.17) is 0 Å². The van der Waals surface area contributed by atoms with Gasteiger partial charge in [0.2, 0.25) is 5.13 Å². The van der Waals surface area contributed by atoms with Gasteiger partial charge in [-0.2, -0.15) is 5.10 Å². The van der Waals surface area contributed by atoms with Crippen LogP contribution in [0.5, 0.6) is 0 Å². The highest BCUT2D eigenvalue weighted by molar-refractivity contribution is 7.22. The number of nitrogens with zero attached hydrogens (tertiary/aromatic N) is 2. The number of anilines is 1. The highest BCUT2D eigenvalue weighted by atomic mass is 32.1. The Morgan fingerprint density at radius 3 is 3.00 bits per heavy atom. The third kappa shape index (κ3) is 2.19. The molecule has 84 valence electrons. The van der Waals surface area contributed by atoms with Crippen molar-refractivity contribution in [2.45, 2.75) is 0 Å². The number of aromatic amines is 1. The third-order valence-corrected chi connectivity index (χ3v) is 3.22. The van der Waals surface area contributed by atoms with Crippen LogP contribution in [0.3, 0.4) is 0 Å². The zero-order valence-electron chi connectivity index (χ0n) is 8.92. The lowest BCUT2D eigenvalue weighted by atomic mass is 10.3. The van der Waals surface area contributed by atoms with Gasteiger partial charge in [-0.1, -0.05) is 23.5 Å². The van der Waals surface area contributed by atoms with Crippen LogP contribution in [-0.2, 0) is 0 Å². The maximum Gasteiger partial charge on any atom is 0.204 e. The molecule has 0 spiro atoms. The summed E-state index contributed by atoms with van der Waals surface area (Å²) in [5.74, 6) is 0. The van der Waals surface area contributed by atoms with E-state index in [9.17, 15) is 0 Å². The van der Waals surface area contributed by atoms with Gasteiger partial charge in [0, 0.05) is 6.20 Å². The minimum Gasteiger partial charge on any atom is -0.360 e. The molecule has 0 aliphatic heterocycles. The van der Waals surface area contributed by atoms with Gasteiger partial charge >= 0.3 is 0 Å². The standard InChI is InChI=1S/C12H10N4S/c1-2-6-11-10(5-1)15-12(17-11)16-14-8-9-4-3-7-13-9/h1-8,13H,(H,15,16). The van der Waals surface area contributed by atoms with Gasteiger partial charge in [0.05, 0.1) is 22.1 Å². The molecule has 0 fully saturated rings. The number of thiazole rings is 1. The molecule has 0 amide bonds. The van der Waals surface area contributed by atoms with Gasteiger partial charge in [-0.25, -0.2) is 4.98 Å². The number of para-hydroxylation sites is 1. The Balaban J connectivity index is 1.77. The van der Waals surface area contributed by atoms with Gasteiger partial charge in [-0.15, -0.1) is 0 Å². The molecule has 2 aromatic heterocycles. The van der Waals surface area contributed by atoms with E-state index in [-0.39, 0.29) is 0 Å². The molecule has 2 heterocycles. The van der Waals surface area contributed by atoms with Crippen LogP contribution in [-0.4, -0.2) is 16.2 Å². The number of fused-ring (bicyclic) bond motifs is 1. The van der Waals surface area contributed by atoms with E-state index in [0.29, 0.717) is 0 Å². The highest BCUT2D eigenvalue weighted by Crippen LogP contribution is 2.25. The average Bonchev–Trinajstić information content (AvgIpc) is 2.96. The van der Waals surface area contributed by atoms with Crippen LogP contribution in [0.25, 0.3) is 10.2 Å². The van der Waals surface area contributed by atoms with Crippen molar-refractivity contribution in [2.75, 3.05) is 5.43 Å². The number of rotatable bonds is 3. The molecular formula is C12H10N4S. The first-order valence-electron chi connectivity index (χ1n) is 5.20. The van der Waals surface area contributed by atoms with Crippen LogP contribution in [0.4, 0.5) is 5.13 Å². The number of benzene rings is 1. The molecule has 3 rings (SSSR count). The fourth-order valence-corrected chi connectivity index (χ4v) is 2.32. The summed E-state index contributed by atoms with van der Waals surface area (Å²) in [6.45, 7) is 0. The lowest BCUT2D eigenvalue weighted by Crippen LogP contribution is -1.89. The Morgan fingerprint density at radius 2 is 2.18 bits per heavy atom. The quantitative estimate of drug-likeness (QED) is 0.548. The van der Waals surface area contributed by atoms with E-state index < -0.39 is 0 Å². The molecule has 2 N–H and O–H groups in total. The molecule has 0 aliphatic rings. The summed E-state index contributed by atoms with van der Waals surface area (Å²) in [5, 5.41) is 4.92. The predicted molar refractivity (Wildman–Crippen MR) is 71.6 cm³/mol. The summed E-state index contributed by atoms with van der Waals surface area (Å²) in [6, 6.07) is 11.9. The molecule has 5 heteroatoms. The number of H-pyrrole nitrogens is 1. The van der Waals surface area contributed by atoms with Gasteiger partial charge in [-0.05, 0) is 24.3 Å². The van der Waals surface area contributed by atoms with Crippen LogP contribution in [0, 0.1) is 0 Å². The van der Waals surface area contributed by atoms with Crippen LogP contribution in [0.1, 0.15) is 5.69 Å².